The Kier molecular flexibility index (Phi) is 5.52. The molecule has 0 bridgehead atoms. The second kappa shape index (κ2) is 8.39. The lowest BCUT2D eigenvalue weighted by molar-refractivity contribution is -0.0633. The molecule has 1 aromatic heterocycles. The maximum Gasteiger partial charge on any atom is 0.101 e. The summed E-state index contributed by atoms with van der Waals surface area (Å²) in [7, 11) is 0. The first kappa shape index (κ1) is 18.4. The number of rotatable bonds is 5. The van der Waals surface area contributed by atoms with Gasteiger partial charge in [0.1, 0.15) is 6.07 Å². The average molecular weight is 373 g/mol. The number of hydrogen-bond donors (Lipinski definition) is 0. The number of anilines is 1. The first-order chi connectivity index (χ1) is 13.7. The van der Waals surface area contributed by atoms with Gasteiger partial charge in [0, 0.05) is 30.4 Å². The Bertz CT molecular complexity index is 984. The van der Waals surface area contributed by atoms with E-state index >= 15 is 0 Å². The maximum absolute atomic E-state index is 9.37. The molecular formula is C23H23N3O2. The third kappa shape index (κ3) is 3.99. The summed E-state index contributed by atoms with van der Waals surface area (Å²) >= 11 is 0. The van der Waals surface area contributed by atoms with E-state index in [1.54, 1.807) is 6.20 Å². The van der Waals surface area contributed by atoms with Crippen molar-refractivity contribution >= 4 is 16.6 Å². The van der Waals surface area contributed by atoms with Gasteiger partial charge in [-0.2, -0.15) is 5.26 Å². The molecule has 1 aliphatic rings. The van der Waals surface area contributed by atoms with Crippen molar-refractivity contribution in [3.8, 4) is 6.07 Å². The van der Waals surface area contributed by atoms with Gasteiger partial charge in [-0.15, -0.1) is 0 Å². The molecule has 3 aromatic rings. The molecule has 1 unspecified atom stereocenters. The van der Waals surface area contributed by atoms with Crippen LogP contribution >= 0.6 is 0 Å². The van der Waals surface area contributed by atoms with Gasteiger partial charge in [0.25, 0.3) is 0 Å². The molecule has 0 N–H and O–H groups in total. The highest BCUT2D eigenvalue weighted by atomic mass is 16.5. The lowest BCUT2D eigenvalue weighted by Crippen LogP contribution is -2.48. The molecule has 1 fully saturated rings. The predicted octanol–water partition coefficient (Wildman–Crippen LogP) is 3.92. The highest BCUT2D eigenvalue weighted by molar-refractivity contribution is 5.95. The van der Waals surface area contributed by atoms with Gasteiger partial charge in [-0.25, -0.2) is 0 Å². The first-order valence-corrected chi connectivity index (χ1v) is 9.54. The van der Waals surface area contributed by atoms with Gasteiger partial charge in [-0.3, -0.25) is 4.98 Å². The molecule has 0 spiro atoms. The minimum absolute atomic E-state index is 0.00479. The molecule has 2 aromatic carbocycles. The standard InChI is InChI=1S/C23H23N3O2/c1-17-13-26(14-20(28-17)16-27-15-18-6-3-2-4-7-18)22-10-9-19(12-24)23-21(22)8-5-11-25-23/h2-11,17,20H,13-16H2,1H3/t17-,20?/m1/s1. The predicted molar refractivity (Wildman–Crippen MR) is 109 cm³/mol. The van der Waals surface area contributed by atoms with E-state index in [1.165, 1.54) is 0 Å². The van der Waals surface area contributed by atoms with Crippen molar-refractivity contribution in [1.29, 1.82) is 5.26 Å². The van der Waals surface area contributed by atoms with Crippen molar-refractivity contribution in [3.05, 3.63) is 71.9 Å². The van der Waals surface area contributed by atoms with Crippen LogP contribution < -0.4 is 4.90 Å². The number of benzene rings is 2. The van der Waals surface area contributed by atoms with Crippen molar-refractivity contribution in [2.45, 2.75) is 25.7 Å². The second-order valence-electron chi connectivity index (χ2n) is 7.12. The molecule has 1 aliphatic heterocycles. The van der Waals surface area contributed by atoms with Crippen LogP contribution in [0.3, 0.4) is 0 Å². The van der Waals surface area contributed by atoms with Crippen LogP contribution in [-0.4, -0.2) is 36.9 Å². The van der Waals surface area contributed by atoms with Gasteiger partial charge in [0.2, 0.25) is 0 Å². The second-order valence-corrected chi connectivity index (χ2v) is 7.12. The third-order valence-electron chi connectivity index (χ3n) is 4.95. The SMILES string of the molecule is C[C@@H]1CN(c2ccc(C#N)c3ncccc23)CC(COCc2ccccc2)O1. The minimum atomic E-state index is -0.00479. The Morgan fingerprint density at radius 3 is 2.82 bits per heavy atom. The molecule has 5 nitrogen and oxygen atoms in total. The number of nitriles is 1. The molecule has 5 heteroatoms. The Morgan fingerprint density at radius 2 is 2.00 bits per heavy atom. The summed E-state index contributed by atoms with van der Waals surface area (Å²) in [5, 5.41) is 10.4. The van der Waals surface area contributed by atoms with Gasteiger partial charge in [-0.1, -0.05) is 30.3 Å². The Morgan fingerprint density at radius 1 is 1.14 bits per heavy atom. The van der Waals surface area contributed by atoms with Gasteiger partial charge >= 0.3 is 0 Å². The van der Waals surface area contributed by atoms with Gasteiger partial charge in [0.15, 0.2) is 0 Å². The monoisotopic (exact) mass is 373 g/mol. The number of morpholine rings is 1. The van der Waals surface area contributed by atoms with Crippen molar-refractivity contribution in [1.82, 2.24) is 4.98 Å². The zero-order valence-corrected chi connectivity index (χ0v) is 15.9. The fourth-order valence-corrected chi connectivity index (χ4v) is 3.74. The van der Waals surface area contributed by atoms with E-state index in [0.29, 0.717) is 18.8 Å². The Hall–Kier alpha value is -2.94. The summed E-state index contributed by atoms with van der Waals surface area (Å²) in [6.07, 6.45) is 1.83. The number of hydrogen-bond acceptors (Lipinski definition) is 5. The molecule has 4 rings (SSSR count). The molecule has 0 amide bonds. The fourth-order valence-electron chi connectivity index (χ4n) is 3.74. The van der Waals surface area contributed by atoms with Crippen LogP contribution in [0.2, 0.25) is 0 Å². The molecule has 142 valence electrons. The number of aromatic nitrogens is 1. The summed E-state index contributed by atoms with van der Waals surface area (Å²) in [6.45, 7) is 4.75. The van der Waals surface area contributed by atoms with Crippen LogP contribution in [0.15, 0.2) is 60.8 Å². The molecule has 2 atom stereocenters. The average Bonchev–Trinajstić information content (AvgIpc) is 2.73. The van der Waals surface area contributed by atoms with Crippen LogP contribution in [0.1, 0.15) is 18.1 Å². The number of nitrogens with zero attached hydrogens (tertiary/aromatic N) is 3. The maximum atomic E-state index is 9.37. The number of ether oxygens (including phenoxy) is 2. The summed E-state index contributed by atoms with van der Waals surface area (Å²) in [4.78, 5) is 6.74. The topological polar surface area (TPSA) is 58.4 Å². The highest BCUT2D eigenvalue weighted by Crippen LogP contribution is 2.30. The van der Waals surface area contributed by atoms with Crippen LogP contribution in [0.4, 0.5) is 5.69 Å². The van der Waals surface area contributed by atoms with Crippen LogP contribution in [0.25, 0.3) is 10.9 Å². The van der Waals surface area contributed by atoms with Crippen molar-refractivity contribution in [2.24, 2.45) is 0 Å². The van der Waals surface area contributed by atoms with E-state index in [9.17, 15) is 5.26 Å². The summed E-state index contributed by atoms with van der Waals surface area (Å²) in [6, 6.07) is 20.2. The Balaban J connectivity index is 1.49. The third-order valence-corrected chi connectivity index (χ3v) is 4.95. The molecule has 28 heavy (non-hydrogen) atoms. The van der Waals surface area contributed by atoms with E-state index in [-0.39, 0.29) is 12.2 Å². The van der Waals surface area contributed by atoms with Gasteiger partial charge in [-0.05, 0) is 36.8 Å². The molecule has 0 radical (unpaired) electrons. The van der Waals surface area contributed by atoms with Gasteiger partial charge < -0.3 is 14.4 Å². The summed E-state index contributed by atoms with van der Waals surface area (Å²) in [5.74, 6) is 0. The van der Waals surface area contributed by atoms with Crippen LogP contribution in [0, 0.1) is 11.3 Å². The summed E-state index contributed by atoms with van der Waals surface area (Å²) in [5.41, 5.74) is 3.60. The zero-order chi connectivity index (χ0) is 19.3. The van der Waals surface area contributed by atoms with Crippen molar-refractivity contribution < 1.29 is 9.47 Å². The summed E-state index contributed by atoms with van der Waals surface area (Å²) < 4.78 is 12.0. The highest BCUT2D eigenvalue weighted by Gasteiger charge is 2.27. The van der Waals surface area contributed by atoms with E-state index in [1.807, 2.05) is 42.5 Å². The number of pyridine rings is 1. The van der Waals surface area contributed by atoms with Gasteiger partial charge in [0.05, 0.1) is 36.5 Å². The molecule has 0 aliphatic carbocycles. The fraction of sp³-hybridized carbons (Fsp3) is 0.304. The van der Waals surface area contributed by atoms with E-state index in [2.05, 4.69) is 35.0 Å². The van der Waals surface area contributed by atoms with E-state index in [0.717, 1.165) is 35.2 Å². The molecular weight excluding hydrogens is 350 g/mol. The number of fused-ring (bicyclic) bond motifs is 1. The first-order valence-electron chi connectivity index (χ1n) is 9.54. The lowest BCUT2D eigenvalue weighted by atomic mass is 10.1. The largest absolute Gasteiger partial charge is 0.374 e. The van der Waals surface area contributed by atoms with Crippen molar-refractivity contribution in [3.63, 3.8) is 0 Å². The van der Waals surface area contributed by atoms with Crippen LogP contribution in [0.5, 0.6) is 0 Å². The van der Waals surface area contributed by atoms with E-state index < -0.39 is 0 Å². The normalized spacial score (nSPS) is 19.5. The van der Waals surface area contributed by atoms with E-state index in [4.69, 9.17) is 9.47 Å². The Labute approximate surface area is 165 Å². The molecule has 1 saturated heterocycles. The molecule has 0 saturated carbocycles. The minimum Gasteiger partial charge on any atom is -0.374 e. The van der Waals surface area contributed by atoms with Crippen LogP contribution in [-0.2, 0) is 16.1 Å². The quantitative estimate of drug-likeness (QED) is 0.678. The molecule has 2 heterocycles. The lowest BCUT2D eigenvalue weighted by Gasteiger charge is -2.38. The zero-order valence-electron chi connectivity index (χ0n) is 15.9. The smallest absolute Gasteiger partial charge is 0.101 e. The van der Waals surface area contributed by atoms with Crippen molar-refractivity contribution in [2.75, 3.05) is 24.6 Å².